The Labute approximate surface area is 51.0 Å². The van der Waals surface area contributed by atoms with Crippen LogP contribution in [0.5, 0.6) is 0 Å². The van der Waals surface area contributed by atoms with E-state index in [0.29, 0.717) is 6.10 Å². The Kier molecular flexibility index (Phi) is 1.90. The van der Waals surface area contributed by atoms with Gasteiger partial charge in [-0.1, -0.05) is 6.92 Å². The van der Waals surface area contributed by atoms with E-state index in [2.05, 4.69) is 13.8 Å². The van der Waals surface area contributed by atoms with Crippen LogP contribution in [0, 0.1) is 5.92 Å². The van der Waals surface area contributed by atoms with Gasteiger partial charge < -0.3 is 4.74 Å². The number of ether oxygens (including phenoxy) is 1. The first-order chi connectivity index (χ1) is 3.79. The highest BCUT2D eigenvalue weighted by Gasteiger charge is 2.13. The molecule has 0 aromatic rings. The predicted molar refractivity (Wildman–Crippen MR) is 33.8 cm³/mol. The van der Waals surface area contributed by atoms with Gasteiger partial charge >= 0.3 is 0 Å². The largest absolute Gasteiger partial charge is 0.378 e. The Morgan fingerprint density at radius 1 is 1.25 bits per heavy atom. The summed E-state index contributed by atoms with van der Waals surface area (Å²) in [6.07, 6.45) is 3.12. The summed E-state index contributed by atoms with van der Waals surface area (Å²) in [5, 5.41) is 0. The molecule has 0 radical (unpaired) electrons. The first-order valence-corrected chi connectivity index (χ1v) is 3.40. The van der Waals surface area contributed by atoms with Crippen molar-refractivity contribution in [2.24, 2.45) is 5.92 Å². The molecule has 1 unspecified atom stereocenters. The van der Waals surface area contributed by atoms with Gasteiger partial charge in [-0.3, -0.25) is 0 Å². The summed E-state index contributed by atoms with van der Waals surface area (Å²) in [4.78, 5) is 0. The van der Waals surface area contributed by atoms with Crippen LogP contribution in [0.15, 0.2) is 0 Å². The molecule has 1 fully saturated rings. The van der Waals surface area contributed by atoms with Crippen LogP contribution in [0.2, 0.25) is 0 Å². The van der Waals surface area contributed by atoms with E-state index in [1.54, 1.807) is 0 Å². The van der Waals surface area contributed by atoms with Gasteiger partial charge in [0.25, 0.3) is 0 Å². The Balaban J connectivity index is 2.19. The average Bonchev–Trinajstić information content (AvgIpc) is 1.77. The number of hydrogen-bond donors (Lipinski definition) is 0. The molecular formula is C7H14O. The standard InChI is InChI=1S/C7H14O/c1-6-3-4-7(2)8-5-6/h6-7H,3-5H2,1-2H3/t6?,7-/m0/s1. The molecule has 0 N–H and O–H groups in total. The third-order valence-corrected chi connectivity index (χ3v) is 1.73. The van der Waals surface area contributed by atoms with Crippen molar-refractivity contribution in [3.8, 4) is 0 Å². The van der Waals surface area contributed by atoms with Crippen molar-refractivity contribution >= 4 is 0 Å². The third-order valence-electron chi connectivity index (χ3n) is 1.73. The highest BCUT2D eigenvalue weighted by molar-refractivity contribution is 4.62. The summed E-state index contributed by atoms with van der Waals surface area (Å²) < 4.78 is 5.39. The molecule has 0 aromatic carbocycles. The Morgan fingerprint density at radius 3 is 2.38 bits per heavy atom. The van der Waals surface area contributed by atoms with Gasteiger partial charge in [0.05, 0.1) is 6.10 Å². The van der Waals surface area contributed by atoms with Crippen molar-refractivity contribution in [2.75, 3.05) is 6.61 Å². The Bertz CT molecular complexity index is 52.8. The molecule has 1 heterocycles. The highest BCUT2D eigenvalue weighted by Crippen LogP contribution is 2.16. The van der Waals surface area contributed by atoms with E-state index in [1.165, 1.54) is 12.8 Å². The second kappa shape index (κ2) is 2.49. The van der Waals surface area contributed by atoms with Gasteiger partial charge in [-0.15, -0.1) is 0 Å². The third kappa shape index (κ3) is 1.48. The van der Waals surface area contributed by atoms with Crippen LogP contribution in [-0.2, 0) is 4.74 Å². The summed E-state index contributed by atoms with van der Waals surface area (Å²) in [5.41, 5.74) is 0. The summed E-state index contributed by atoms with van der Waals surface area (Å²) >= 11 is 0. The minimum atomic E-state index is 0.520. The molecule has 0 amide bonds. The topological polar surface area (TPSA) is 9.23 Å². The zero-order chi connectivity index (χ0) is 5.98. The molecule has 0 aromatic heterocycles. The lowest BCUT2D eigenvalue weighted by molar-refractivity contribution is 0.000267. The van der Waals surface area contributed by atoms with Gasteiger partial charge in [0, 0.05) is 6.61 Å². The van der Waals surface area contributed by atoms with Crippen molar-refractivity contribution in [1.82, 2.24) is 0 Å². The first-order valence-electron chi connectivity index (χ1n) is 3.40. The lowest BCUT2D eigenvalue weighted by atomic mass is 10.0. The quantitative estimate of drug-likeness (QED) is 0.466. The van der Waals surface area contributed by atoms with Crippen LogP contribution in [0.3, 0.4) is 0 Å². The summed E-state index contributed by atoms with van der Waals surface area (Å²) in [6, 6.07) is 0. The maximum Gasteiger partial charge on any atom is 0.0547 e. The van der Waals surface area contributed by atoms with Gasteiger partial charge in [0.1, 0.15) is 0 Å². The Morgan fingerprint density at radius 2 is 2.00 bits per heavy atom. The van der Waals surface area contributed by atoms with E-state index in [1.807, 2.05) is 0 Å². The molecule has 1 heteroatoms. The van der Waals surface area contributed by atoms with E-state index in [9.17, 15) is 0 Å². The average molecular weight is 114 g/mol. The Hall–Kier alpha value is -0.0400. The van der Waals surface area contributed by atoms with Gasteiger partial charge in [-0.05, 0) is 25.7 Å². The fraction of sp³-hybridized carbons (Fsp3) is 1.00. The zero-order valence-electron chi connectivity index (χ0n) is 5.68. The van der Waals surface area contributed by atoms with Gasteiger partial charge in [-0.2, -0.15) is 0 Å². The smallest absolute Gasteiger partial charge is 0.0547 e. The van der Waals surface area contributed by atoms with Crippen LogP contribution in [-0.4, -0.2) is 12.7 Å². The predicted octanol–water partition coefficient (Wildman–Crippen LogP) is 1.82. The fourth-order valence-electron chi connectivity index (χ4n) is 1.01. The lowest BCUT2D eigenvalue weighted by Crippen LogP contribution is -2.21. The molecule has 1 aliphatic heterocycles. The molecule has 0 spiro atoms. The lowest BCUT2D eigenvalue weighted by Gasteiger charge is -2.23. The van der Waals surface area contributed by atoms with E-state index >= 15 is 0 Å². The summed E-state index contributed by atoms with van der Waals surface area (Å²) in [7, 11) is 0. The minimum absolute atomic E-state index is 0.520. The molecule has 48 valence electrons. The molecule has 1 nitrogen and oxygen atoms in total. The van der Waals surface area contributed by atoms with Crippen molar-refractivity contribution in [2.45, 2.75) is 32.8 Å². The van der Waals surface area contributed by atoms with E-state index in [4.69, 9.17) is 4.74 Å². The van der Waals surface area contributed by atoms with Crippen LogP contribution >= 0.6 is 0 Å². The fourth-order valence-corrected chi connectivity index (χ4v) is 1.01. The van der Waals surface area contributed by atoms with Crippen molar-refractivity contribution < 1.29 is 4.74 Å². The molecule has 1 aliphatic rings. The van der Waals surface area contributed by atoms with Crippen LogP contribution in [0.25, 0.3) is 0 Å². The zero-order valence-corrected chi connectivity index (χ0v) is 5.68. The van der Waals surface area contributed by atoms with Crippen LogP contribution in [0.4, 0.5) is 0 Å². The van der Waals surface area contributed by atoms with Gasteiger partial charge in [0.15, 0.2) is 0 Å². The number of hydrogen-bond acceptors (Lipinski definition) is 1. The SMILES string of the molecule is CC1CC[C@H](C)OC1. The number of rotatable bonds is 0. The molecule has 0 bridgehead atoms. The molecule has 2 atom stereocenters. The maximum atomic E-state index is 5.39. The first kappa shape index (κ1) is 6.09. The van der Waals surface area contributed by atoms with E-state index < -0.39 is 0 Å². The molecule has 8 heavy (non-hydrogen) atoms. The molecule has 1 rings (SSSR count). The van der Waals surface area contributed by atoms with Crippen LogP contribution in [0.1, 0.15) is 26.7 Å². The maximum absolute atomic E-state index is 5.39. The molecular weight excluding hydrogens is 100 g/mol. The highest BCUT2D eigenvalue weighted by atomic mass is 16.5. The van der Waals surface area contributed by atoms with Crippen molar-refractivity contribution in [1.29, 1.82) is 0 Å². The van der Waals surface area contributed by atoms with Gasteiger partial charge in [-0.25, -0.2) is 0 Å². The minimum Gasteiger partial charge on any atom is -0.378 e. The van der Waals surface area contributed by atoms with Crippen molar-refractivity contribution in [3.63, 3.8) is 0 Å². The molecule has 0 saturated carbocycles. The van der Waals surface area contributed by atoms with E-state index in [-0.39, 0.29) is 0 Å². The summed E-state index contributed by atoms with van der Waals surface area (Å²) in [5.74, 6) is 0.797. The normalized spacial score (nSPS) is 39.8. The second-order valence-electron chi connectivity index (χ2n) is 2.83. The van der Waals surface area contributed by atoms with Crippen LogP contribution < -0.4 is 0 Å². The second-order valence-corrected chi connectivity index (χ2v) is 2.83. The monoisotopic (exact) mass is 114 g/mol. The molecule has 1 saturated heterocycles. The van der Waals surface area contributed by atoms with Crippen molar-refractivity contribution in [3.05, 3.63) is 0 Å². The van der Waals surface area contributed by atoms with Gasteiger partial charge in [0.2, 0.25) is 0 Å². The summed E-state index contributed by atoms with van der Waals surface area (Å²) in [6.45, 7) is 5.36. The molecule has 0 aliphatic carbocycles. The van der Waals surface area contributed by atoms with E-state index in [0.717, 1.165) is 12.5 Å².